The van der Waals surface area contributed by atoms with Crippen LogP contribution >= 0.6 is 0 Å². The second-order valence-corrected chi connectivity index (χ2v) is 5.90. The maximum Gasteiger partial charge on any atom is 0.356 e. The summed E-state index contributed by atoms with van der Waals surface area (Å²) in [6.45, 7) is 0. The van der Waals surface area contributed by atoms with Crippen LogP contribution in [0.1, 0.15) is 21.6 Å². The Morgan fingerprint density at radius 3 is 2.81 bits per heavy atom. The highest BCUT2D eigenvalue weighted by atomic mass is 16.5. The Bertz CT molecular complexity index is 1080. The lowest BCUT2D eigenvalue weighted by Gasteiger charge is -2.06. The molecule has 4 rings (SSSR count). The molecule has 0 saturated heterocycles. The fourth-order valence-corrected chi connectivity index (χ4v) is 2.82. The second kappa shape index (κ2) is 6.44. The molecule has 7 heteroatoms. The van der Waals surface area contributed by atoms with Gasteiger partial charge >= 0.3 is 5.97 Å². The van der Waals surface area contributed by atoms with E-state index >= 15 is 0 Å². The smallest absolute Gasteiger partial charge is 0.356 e. The normalized spacial score (nSPS) is 11.0. The van der Waals surface area contributed by atoms with Crippen LogP contribution in [0.4, 0.5) is 0 Å². The van der Waals surface area contributed by atoms with Crippen LogP contribution in [-0.4, -0.2) is 32.8 Å². The number of carbonyl (C=O) groups excluding carboxylic acids is 1. The summed E-state index contributed by atoms with van der Waals surface area (Å²) in [5.41, 5.74) is 5.02. The zero-order valence-electron chi connectivity index (χ0n) is 14.3. The van der Waals surface area contributed by atoms with E-state index in [0.717, 1.165) is 22.5 Å². The number of rotatable bonds is 4. The molecule has 0 amide bonds. The first-order chi connectivity index (χ1) is 12.6. The number of nitrogens with zero attached hydrogens (tertiary/aromatic N) is 4. The first-order valence-corrected chi connectivity index (χ1v) is 8.04. The van der Waals surface area contributed by atoms with Gasteiger partial charge in [0.2, 0.25) is 0 Å². The number of hydrogen-bond donors (Lipinski definition) is 0. The van der Waals surface area contributed by atoms with Gasteiger partial charge in [-0.2, -0.15) is 5.10 Å². The maximum absolute atomic E-state index is 11.9. The van der Waals surface area contributed by atoms with Crippen LogP contribution < -0.4 is 0 Å². The minimum Gasteiger partial charge on any atom is -0.464 e. The summed E-state index contributed by atoms with van der Waals surface area (Å²) in [5.74, 6) is -0.474. The van der Waals surface area contributed by atoms with E-state index in [1.807, 2.05) is 31.4 Å². The minimum absolute atomic E-state index is 0.259. The molecule has 0 aliphatic rings. The summed E-state index contributed by atoms with van der Waals surface area (Å²) in [7, 11) is 3.21. The lowest BCUT2D eigenvalue weighted by atomic mass is 10.0. The molecule has 0 aromatic carbocycles. The number of carbonyl (C=O) groups is 1. The fourth-order valence-electron chi connectivity index (χ4n) is 2.82. The summed E-state index contributed by atoms with van der Waals surface area (Å²) in [6.07, 6.45) is 5.80. The summed E-state index contributed by atoms with van der Waals surface area (Å²) >= 11 is 0. The molecule has 0 radical (unpaired) electrons. The molecule has 0 bridgehead atoms. The lowest BCUT2D eigenvalue weighted by Crippen LogP contribution is -2.05. The van der Waals surface area contributed by atoms with Gasteiger partial charge in [-0.05, 0) is 23.8 Å². The molecule has 0 unspecified atom stereocenters. The number of fused-ring (bicyclic) bond motifs is 1. The molecular weight excluding hydrogens is 332 g/mol. The van der Waals surface area contributed by atoms with Gasteiger partial charge in [-0.3, -0.25) is 9.67 Å². The van der Waals surface area contributed by atoms with Gasteiger partial charge in [0.15, 0.2) is 5.58 Å². The van der Waals surface area contributed by atoms with Crippen LogP contribution in [0.3, 0.4) is 0 Å². The Hall–Kier alpha value is -3.48. The number of aryl methyl sites for hydroxylation is 1. The van der Waals surface area contributed by atoms with Crippen LogP contribution in [-0.2, 0) is 18.2 Å². The lowest BCUT2D eigenvalue weighted by molar-refractivity contribution is 0.0594. The minimum atomic E-state index is -0.474. The van der Waals surface area contributed by atoms with Crippen molar-refractivity contribution in [1.29, 1.82) is 0 Å². The maximum atomic E-state index is 11.9. The predicted octanol–water partition coefficient (Wildman–Crippen LogP) is 3.00. The first kappa shape index (κ1) is 16.0. The molecule has 0 spiro atoms. The fraction of sp³-hybridized carbons (Fsp3) is 0.158. The number of ether oxygens (including phenoxy) is 1. The quantitative estimate of drug-likeness (QED) is 0.527. The van der Waals surface area contributed by atoms with Crippen LogP contribution in [0.15, 0.2) is 53.4 Å². The van der Waals surface area contributed by atoms with Crippen molar-refractivity contribution in [2.24, 2.45) is 7.05 Å². The van der Waals surface area contributed by atoms with Crippen molar-refractivity contribution < 1.29 is 13.9 Å². The third-order valence-electron chi connectivity index (χ3n) is 4.08. The largest absolute Gasteiger partial charge is 0.464 e. The number of hydrogen-bond acceptors (Lipinski definition) is 6. The topological polar surface area (TPSA) is 83.0 Å². The molecule has 0 fully saturated rings. The van der Waals surface area contributed by atoms with Gasteiger partial charge in [0.25, 0.3) is 0 Å². The third kappa shape index (κ3) is 2.95. The molecule has 7 nitrogen and oxygen atoms in total. The summed E-state index contributed by atoms with van der Waals surface area (Å²) in [5, 5.41) is 4.35. The van der Waals surface area contributed by atoms with Gasteiger partial charge in [-0.1, -0.05) is 6.07 Å². The van der Waals surface area contributed by atoms with Gasteiger partial charge in [-0.25, -0.2) is 9.78 Å². The van der Waals surface area contributed by atoms with Crippen molar-refractivity contribution in [3.8, 4) is 11.4 Å². The molecule has 4 aromatic rings. The van der Waals surface area contributed by atoms with Crippen molar-refractivity contribution in [2.75, 3.05) is 7.11 Å². The SMILES string of the molecule is COC(=O)c1cc(Cc2ccc(-c3ccn(C)n3)nc2)c2occc2n1. The Labute approximate surface area is 149 Å². The molecular formula is C19H16N4O3. The second-order valence-electron chi connectivity index (χ2n) is 5.90. The highest BCUT2D eigenvalue weighted by Crippen LogP contribution is 2.23. The van der Waals surface area contributed by atoms with E-state index in [0.29, 0.717) is 17.5 Å². The van der Waals surface area contributed by atoms with Crippen molar-refractivity contribution in [2.45, 2.75) is 6.42 Å². The highest BCUT2D eigenvalue weighted by Gasteiger charge is 2.15. The number of furan rings is 1. The average Bonchev–Trinajstić information content (AvgIpc) is 3.30. The van der Waals surface area contributed by atoms with Gasteiger partial charge in [0, 0.05) is 37.5 Å². The van der Waals surface area contributed by atoms with Gasteiger partial charge in [-0.15, -0.1) is 0 Å². The van der Waals surface area contributed by atoms with E-state index in [2.05, 4.69) is 15.1 Å². The zero-order valence-corrected chi connectivity index (χ0v) is 14.3. The van der Waals surface area contributed by atoms with Crippen LogP contribution in [0.2, 0.25) is 0 Å². The van der Waals surface area contributed by atoms with Crippen LogP contribution in [0.5, 0.6) is 0 Å². The highest BCUT2D eigenvalue weighted by molar-refractivity contribution is 5.91. The molecule has 0 atom stereocenters. The Morgan fingerprint density at radius 1 is 1.23 bits per heavy atom. The van der Waals surface area contributed by atoms with Crippen molar-refractivity contribution in [3.63, 3.8) is 0 Å². The molecule has 4 heterocycles. The monoisotopic (exact) mass is 348 g/mol. The number of pyridine rings is 2. The Kier molecular flexibility index (Phi) is 3.96. The molecule has 130 valence electrons. The third-order valence-corrected chi connectivity index (χ3v) is 4.08. The van der Waals surface area contributed by atoms with E-state index in [1.165, 1.54) is 7.11 Å². The first-order valence-electron chi connectivity index (χ1n) is 8.04. The zero-order chi connectivity index (χ0) is 18.1. The predicted molar refractivity (Wildman–Crippen MR) is 94.6 cm³/mol. The van der Waals surface area contributed by atoms with Crippen LogP contribution in [0.25, 0.3) is 22.5 Å². The van der Waals surface area contributed by atoms with E-state index in [9.17, 15) is 4.79 Å². The molecule has 4 aromatic heterocycles. The molecule has 0 saturated carbocycles. The molecule has 0 N–H and O–H groups in total. The Morgan fingerprint density at radius 2 is 2.12 bits per heavy atom. The van der Waals surface area contributed by atoms with Gasteiger partial charge in [0.1, 0.15) is 16.9 Å². The average molecular weight is 348 g/mol. The van der Waals surface area contributed by atoms with E-state index in [-0.39, 0.29) is 5.69 Å². The van der Waals surface area contributed by atoms with Gasteiger partial charge < -0.3 is 9.15 Å². The number of aromatic nitrogens is 4. The Balaban J connectivity index is 1.66. The summed E-state index contributed by atoms with van der Waals surface area (Å²) < 4.78 is 12.1. The van der Waals surface area contributed by atoms with Crippen LogP contribution in [0, 0.1) is 0 Å². The number of methoxy groups -OCH3 is 1. The number of esters is 1. The van der Waals surface area contributed by atoms with Crippen molar-refractivity contribution in [3.05, 3.63) is 65.8 Å². The van der Waals surface area contributed by atoms with E-state index < -0.39 is 5.97 Å². The van der Waals surface area contributed by atoms with Crippen molar-refractivity contribution >= 4 is 17.1 Å². The molecule has 26 heavy (non-hydrogen) atoms. The van der Waals surface area contributed by atoms with Gasteiger partial charge in [0.05, 0.1) is 19.1 Å². The van der Waals surface area contributed by atoms with Crippen molar-refractivity contribution in [1.82, 2.24) is 19.7 Å². The summed E-state index contributed by atoms with van der Waals surface area (Å²) in [4.78, 5) is 20.6. The van der Waals surface area contributed by atoms with E-state index in [4.69, 9.17) is 9.15 Å². The standard InChI is InChI=1S/C19H16N4O3/c1-23-7-5-15(22-23)14-4-3-12(11-20-14)9-13-10-17(19(24)25-2)21-16-6-8-26-18(13)16/h3-8,10-11H,9H2,1-2H3. The summed E-state index contributed by atoms with van der Waals surface area (Å²) in [6, 6.07) is 9.27. The van der Waals surface area contributed by atoms with E-state index in [1.54, 1.807) is 29.3 Å². The molecule has 0 aliphatic heterocycles. The molecule has 0 aliphatic carbocycles.